The van der Waals surface area contributed by atoms with Crippen LogP contribution in [0.1, 0.15) is 21.5 Å². The Morgan fingerprint density at radius 3 is 2.00 bits per heavy atom. The average Bonchev–Trinajstić information content (AvgIpc) is 2.69. The number of halogens is 2. The van der Waals surface area contributed by atoms with Crippen LogP contribution >= 0.6 is 31.9 Å². The Hall–Kier alpha value is -2.26. The molecule has 0 saturated heterocycles. The molecule has 0 aliphatic carbocycles. The number of carbonyl (C=O) groups excluding carboxylic acids is 2. The van der Waals surface area contributed by atoms with Crippen LogP contribution in [0.3, 0.4) is 0 Å². The van der Waals surface area contributed by atoms with Gasteiger partial charge in [-0.2, -0.15) is 0 Å². The molecule has 1 N–H and O–H groups in total. The Labute approximate surface area is 185 Å². The van der Waals surface area contributed by atoms with Crippen LogP contribution in [0.25, 0.3) is 0 Å². The third kappa shape index (κ3) is 4.84. The van der Waals surface area contributed by atoms with Crippen LogP contribution in [0.5, 0.6) is 17.2 Å². The fourth-order valence-corrected chi connectivity index (χ4v) is 4.30. The summed E-state index contributed by atoms with van der Waals surface area (Å²) in [6.45, 7) is 3.40. The number of aryl methyl sites for hydroxylation is 1. The number of amides is 1. The molecule has 1 amide bonds. The van der Waals surface area contributed by atoms with E-state index in [0.717, 1.165) is 11.1 Å². The molecular formula is C20H21Br2NO6. The van der Waals surface area contributed by atoms with Crippen LogP contribution in [-0.2, 0) is 9.53 Å². The van der Waals surface area contributed by atoms with Gasteiger partial charge in [0, 0.05) is 5.69 Å². The summed E-state index contributed by atoms with van der Waals surface area (Å²) in [6, 6.07) is 5.58. The summed E-state index contributed by atoms with van der Waals surface area (Å²) < 4.78 is 21.8. The molecule has 2 rings (SSSR count). The Bertz CT molecular complexity index is 914. The van der Waals surface area contributed by atoms with E-state index in [1.807, 2.05) is 26.0 Å². The number of carbonyl (C=O) groups is 2. The van der Waals surface area contributed by atoms with Crippen LogP contribution in [0.4, 0.5) is 5.69 Å². The lowest BCUT2D eigenvalue weighted by molar-refractivity contribution is -0.119. The number of ether oxygens (including phenoxy) is 4. The molecule has 0 bridgehead atoms. The molecule has 9 heteroatoms. The highest BCUT2D eigenvalue weighted by Gasteiger charge is 2.29. The Kier molecular flexibility index (Phi) is 7.92. The summed E-state index contributed by atoms with van der Waals surface area (Å²) in [5.41, 5.74) is 2.77. The number of benzene rings is 2. The van der Waals surface area contributed by atoms with Crippen molar-refractivity contribution in [3.8, 4) is 17.2 Å². The minimum absolute atomic E-state index is 0.110. The van der Waals surface area contributed by atoms with E-state index in [-0.39, 0.29) is 17.1 Å². The molecule has 0 heterocycles. The van der Waals surface area contributed by atoms with E-state index >= 15 is 0 Å². The van der Waals surface area contributed by atoms with Crippen molar-refractivity contribution in [1.82, 2.24) is 0 Å². The highest BCUT2D eigenvalue weighted by atomic mass is 79.9. The van der Waals surface area contributed by atoms with Gasteiger partial charge in [0.05, 0.1) is 35.8 Å². The first kappa shape index (κ1) is 23.0. The minimum Gasteiger partial charge on any atom is -0.492 e. The fourth-order valence-electron chi connectivity index (χ4n) is 2.63. The zero-order valence-electron chi connectivity index (χ0n) is 16.6. The fraction of sp³-hybridized carbons (Fsp3) is 0.300. The monoisotopic (exact) mass is 529 g/mol. The standard InChI is InChI=1S/C20H21Br2NO6/c1-10-7-6-8-12(11(10)2)23-13(24)9-29-20(25)14-15(21)17(26-3)19(28-5)18(27-4)16(14)22/h6-8H,9H2,1-5H3,(H,23,24). The summed E-state index contributed by atoms with van der Waals surface area (Å²) in [5, 5.41) is 2.74. The second kappa shape index (κ2) is 9.98. The lowest BCUT2D eigenvalue weighted by atomic mass is 10.1. The second-order valence-electron chi connectivity index (χ2n) is 5.97. The van der Waals surface area contributed by atoms with E-state index in [0.29, 0.717) is 20.4 Å². The molecule has 29 heavy (non-hydrogen) atoms. The topological polar surface area (TPSA) is 83.1 Å². The SMILES string of the molecule is COc1c(Br)c(C(=O)OCC(=O)Nc2cccc(C)c2C)c(Br)c(OC)c1OC. The molecule has 0 saturated carbocycles. The Balaban J connectivity index is 2.22. The molecule has 7 nitrogen and oxygen atoms in total. The van der Waals surface area contributed by atoms with Crippen LogP contribution < -0.4 is 19.5 Å². The van der Waals surface area contributed by atoms with Crippen molar-refractivity contribution < 1.29 is 28.5 Å². The summed E-state index contributed by atoms with van der Waals surface area (Å²) in [6.07, 6.45) is 0. The first-order valence-corrected chi connectivity index (χ1v) is 10.0. The van der Waals surface area contributed by atoms with Gasteiger partial charge in [-0.1, -0.05) is 12.1 Å². The lowest BCUT2D eigenvalue weighted by Gasteiger charge is -2.18. The number of esters is 1. The largest absolute Gasteiger partial charge is 0.492 e. The molecule has 2 aromatic carbocycles. The number of anilines is 1. The molecule has 0 aliphatic rings. The highest BCUT2D eigenvalue weighted by molar-refractivity contribution is 9.11. The molecular weight excluding hydrogens is 510 g/mol. The van der Waals surface area contributed by atoms with Gasteiger partial charge in [0.15, 0.2) is 18.1 Å². The molecule has 0 spiro atoms. The smallest absolute Gasteiger partial charge is 0.341 e. The molecule has 0 aromatic heterocycles. The maximum absolute atomic E-state index is 12.7. The van der Waals surface area contributed by atoms with Crippen LogP contribution in [0, 0.1) is 13.8 Å². The number of hydrogen-bond acceptors (Lipinski definition) is 6. The number of methoxy groups -OCH3 is 3. The maximum Gasteiger partial charge on any atom is 0.341 e. The van der Waals surface area contributed by atoms with Crippen molar-refractivity contribution >= 4 is 49.4 Å². The minimum atomic E-state index is -0.737. The molecule has 2 aromatic rings. The van der Waals surface area contributed by atoms with E-state index in [9.17, 15) is 9.59 Å². The predicted octanol–water partition coefficient (Wildman–Crippen LogP) is 4.65. The Morgan fingerprint density at radius 2 is 1.48 bits per heavy atom. The van der Waals surface area contributed by atoms with E-state index in [1.165, 1.54) is 21.3 Å². The average molecular weight is 531 g/mol. The molecule has 0 aliphatic heterocycles. The van der Waals surface area contributed by atoms with Crippen LogP contribution in [-0.4, -0.2) is 39.8 Å². The zero-order valence-corrected chi connectivity index (χ0v) is 19.8. The molecule has 0 atom stereocenters. The van der Waals surface area contributed by atoms with Crippen molar-refractivity contribution in [3.05, 3.63) is 43.8 Å². The molecule has 156 valence electrons. The third-order valence-electron chi connectivity index (χ3n) is 4.28. The van der Waals surface area contributed by atoms with Crippen LogP contribution in [0.2, 0.25) is 0 Å². The lowest BCUT2D eigenvalue weighted by Crippen LogP contribution is -2.22. The summed E-state index contributed by atoms with van der Waals surface area (Å²) in [5.74, 6) is -0.359. The summed E-state index contributed by atoms with van der Waals surface area (Å²) >= 11 is 6.67. The van der Waals surface area contributed by atoms with Crippen molar-refractivity contribution in [1.29, 1.82) is 0 Å². The van der Waals surface area contributed by atoms with E-state index in [2.05, 4.69) is 37.2 Å². The van der Waals surface area contributed by atoms with Crippen molar-refractivity contribution in [2.75, 3.05) is 33.3 Å². The number of rotatable bonds is 7. The van der Waals surface area contributed by atoms with Gasteiger partial charge in [0.25, 0.3) is 5.91 Å². The summed E-state index contributed by atoms with van der Waals surface area (Å²) in [7, 11) is 4.32. The third-order valence-corrected chi connectivity index (χ3v) is 5.79. The van der Waals surface area contributed by atoms with Gasteiger partial charge in [-0.05, 0) is 62.9 Å². The molecule has 0 fully saturated rings. The normalized spacial score (nSPS) is 10.3. The van der Waals surface area contributed by atoms with Gasteiger partial charge < -0.3 is 24.3 Å². The van der Waals surface area contributed by atoms with Gasteiger partial charge in [-0.25, -0.2) is 4.79 Å². The highest BCUT2D eigenvalue weighted by Crippen LogP contribution is 2.50. The predicted molar refractivity (Wildman–Crippen MR) is 116 cm³/mol. The second-order valence-corrected chi connectivity index (χ2v) is 7.56. The van der Waals surface area contributed by atoms with Gasteiger partial charge >= 0.3 is 5.97 Å². The number of nitrogens with one attached hydrogen (secondary N) is 1. The molecule has 0 unspecified atom stereocenters. The van der Waals surface area contributed by atoms with Gasteiger partial charge in [0.2, 0.25) is 5.75 Å². The summed E-state index contributed by atoms with van der Waals surface area (Å²) in [4.78, 5) is 24.9. The molecule has 0 radical (unpaired) electrons. The first-order chi connectivity index (χ1) is 13.8. The quantitative estimate of drug-likeness (QED) is 0.525. The van der Waals surface area contributed by atoms with Crippen LogP contribution in [0.15, 0.2) is 27.1 Å². The maximum atomic E-state index is 12.7. The zero-order chi connectivity index (χ0) is 21.7. The van der Waals surface area contributed by atoms with Gasteiger partial charge in [0.1, 0.15) is 0 Å². The van der Waals surface area contributed by atoms with Crippen molar-refractivity contribution in [2.45, 2.75) is 13.8 Å². The first-order valence-electron chi connectivity index (χ1n) is 8.46. The Morgan fingerprint density at radius 1 is 0.931 bits per heavy atom. The van der Waals surface area contributed by atoms with Crippen molar-refractivity contribution in [2.24, 2.45) is 0 Å². The van der Waals surface area contributed by atoms with E-state index in [1.54, 1.807) is 6.07 Å². The van der Waals surface area contributed by atoms with Gasteiger partial charge in [-0.15, -0.1) is 0 Å². The van der Waals surface area contributed by atoms with Gasteiger partial charge in [-0.3, -0.25) is 4.79 Å². The number of hydrogen-bond donors (Lipinski definition) is 1. The van der Waals surface area contributed by atoms with E-state index < -0.39 is 18.5 Å². The van der Waals surface area contributed by atoms with E-state index in [4.69, 9.17) is 18.9 Å². The van der Waals surface area contributed by atoms with Crippen molar-refractivity contribution in [3.63, 3.8) is 0 Å².